The molecule has 2 amide bonds. The summed E-state index contributed by atoms with van der Waals surface area (Å²) in [6.07, 6.45) is 2.62. The first kappa shape index (κ1) is 12.9. The van der Waals surface area contributed by atoms with Gasteiger partial charge < -0.3 is 15.6 Å². The van der Waals surface area contributed by atoms with E-state index in [0.29, 0.717) is 17.7 Å². The van der Waals surface area contributed by atoms with E-state index in [0.717, 1.165) is 34.6 Å². The van der Waals surface area contributed by atoms with Crippen molar-refractivity contribution < 1.29 is 9.59 Å². The number of amides is 2. The number of hydrogen-bond donors (Lipinski definition) is 3. The summed E-state index contributed by atoms with van der Waals surface area (Å²) in [5.74, 6) is -0.159. The molecule has 0 unspecified atom stereocenters. The van der Waals surface area contributed by atoms with Crippen molar-refractivity contribution in [1.29, 1.82) is 0 Å². The molecular weight excluding hydrogens is 278 g/mol. The quantitative estimate of drug-likeness (QED) is 0.704. The standard InChI is InChI=1S/C17H15N3O2/c1-9-14(19-13-6-7-18-17(22)15(9)13)8-11-10-4-2-3-5-12(10)20-16(11)21/h2-5,8,19H,6-7H2,1H3,(H,18,22)(H,20,21)/b11-8-. The second-order valence-electron chi connectivity index (χ2n) is 5.58. The van der Waals surface area contributed by atoms with Gasteiger partial charge in [-0.25, -0.2) is 0 Å². The third-order valence-electron chi connectivity index (χ3n) is 4.25. The Hall–Kier alpha value is -2.82. The van der Waals surface area contributed by atoms with E-state index >= 15 is 0 Å². The molecule has 5 heteroatoms. The summed E-state index contributed by atoms with van der Waals surface area (Å²) in [7, 11) is 0. The van der Waals surface area contributed by atoms with E-state index < -0.39 is 0 Å². The number of benzene rings is 1. The number of fused-ring (bicyclic) bond motifs is 2. The molecule has 0 fully saturated rings. The minimum atomic E-state index is -0.113. The highest BCUT2D eigenvalue weighted by Crippen LogP contribution is 2.33. The van der Waals surface area contributed by atoms with Crippen molar-refractivity contribution in [1.82, 2.24) is 10.3 Å². The topological polar surface area (TPSA) is 74.0 Å². The summed E-state index contributed by atoms with van der Waals surface area (Å²) in [6.45, 7) is 2.55. The van der Waals surface area contributed by atoms with Gasteiger partial charge in [-0.3, -0.25) is 9.59 Å². The number of carbonyl (C=O) groups excluding carboxylic acids is 2. The van der Waals surface area contributed by atoms with Gasteiger partial charge in [0.15, 0.2) is 0 Å². The molecule has 3 N–H and O–H groups in total. The van der Waals surface area contributed by atoms with Crippen LogP contribution in [0.4, 0.5) is 5.69 Å². The fourth-order valence-electron chi connectivity index (χ4n) is 3.13. The highest BCUT2D eigenvalue weighted by atomic mass is 16.2. The van der Waals surface area contributed by atoms with E-state index in [4.69, 9.17) is 0 Å². The molecule has 0 spiro atoms. The zero-order valence-corrected chi connectivity index (χ0v) is 12.1. The molecule has 0 bridgehead atoms. The Morgan fingerprint density at radius 2 is 1.95 bits per heavy atom. The maximum atomic E-state index is 12.2. The van der Waals surface area contributed by atoms with E-state index in [1.165, 1.54) is 0 Å². The Kier molecular flexibility index (Phi) is 2.69. The van der Waals surface area contributed by atoms with Crippen LogP contribution < -0.4 is 10.6 Å². The Labute approximate surface area is 127 Å². The first-order chi connectivity index (χ1) is 10.6. The number of rotatable bonds is 1. The second kappa shape index (κ2) is 4.59. The SMILES string of the molecule is Cc1c(/C=C2\C(=O)Nc3ccccc32)[nH]c2c1C(=O)NCC2. The predicted molar refractivity (Wildman–Crippen MR) is 84.5 cm³/mol. The Balaban J connectivity index is 1.84. The molecule has 4 rings (SSSR count). The average Bonchev–Trinajstić information content (AvgIpc) is 2.99. The molecule has 110 valence electrons. The maximum absolute atomic E-state index is 12.2. The van der Waals surface area contributed by atoms with Gasteiger partial charge in [0.2, 0.25) is 0 Å². The lowest BCUT2D eigenvalue weighted by molar-refractivity contribution is -0.110. The lowest BCUT2D eigenvalue weighted by Crippen LogP contribution is -2.31. The molecule has 2 aromatic rings. The molecule has 22 heavy (non-hydrogen) atoms. The van der Waals surface area contributed by atoms with Gasteiger partial charge in [-0.1, -0.05) is 18.2 Å². The number of carbonyl (C=O) groups is 2. The van der Waals surface area contributed by atoms with Crippen molar-refractivity contribution in [3.05, 3.63) is 52.3 Å². The van der Waals surface area contributed by atoms with Crippen LogP contribution in [0.25, 0.3) is 11.6 Å². The summed E-state index contributed by atoms with van der Waals surface area (Å²) in [5.41, 5.74) is 5.71. The van der Waals surface area contributed by atoms with Gasteiger partial charge in [0, 0.05) is 35.6 Å². The van der Waals surface area contributed by atoms with Crippen molar-refractivity contribution in [3.63, 3.8) is 0 Å². The Morgan fingerprint density at radius 1 is 1.14 bits per heavy atom. The molecule has 0 atom stereocenters. The third-order valence-corrected chi connectivity index (χ3v) is 4.25. The summed E-state index contributed by atoms with van der Waals surface area (Å²) >= 11 is 0. The second-order valence-corrected chi connectivity index (χ2v) is 5.58. The maximum Gasteiger partial charge on any atom is 0.256 e. The number of nitrogens with one attached hydrogen (secondary N) is 3. The van der Waals surface area contributed by atoms with E-state index in [-0.39, 0.29) is 11.8 Å². The monoisotopic (exact) mass is 293 g/mol. The highest BCUT2D eigenvalue weighted by molar-refractivity contribution is 6.34. The number of para-hydroxylation sites is 1. The van der Waals surface area contributed by atoms with E-state index in [9.17, 15) is 9.59 Å². The Morgan fingerprint density at radius 3 is 2.77 bits per heavy atom. The van der Waals surface area contributed by atoms with E-state index in [1.54, 1.807) is 0 Å². The van der Waals surface area contributed by atoms with Crippen LogP contribution in [0.1, 0.15) is 32.9 Å². The first-order valence-corrected chi connectivity index (χ1v) is 7.27. The molecule has 1 aromatic carbocycles. The average molecular weight is 293 g/mol. The fourth-order valence-corrected chi connectivity index (χ4v) is 3.13. The molecule has 0 saturated carbocycles. The molecule has 1 aromatic heterocycles. The molecule has 3 heterocycles. The van der Waals surface area contributed by atoms with Crippen molar-refractivity contribution in [2.75, 3.05) is 11.9 Å². The molecule has 2 aliphatic heterocycles. The number of hydrogen-bond acceptors (Lipinski definition) is 2. The van der Waals surface area contributed by atoms with Crippen LogP contribution in [0.15, 0.2) is 24.3 Å². The minimum absolute atomic E-state index is 0.0454. The van der Waals surface area contributed by atoms with Crippen LogP contribution in [-0.2, 0) is 11.2 Å². The van der Waals surface area contributed by atoms with E-state index in [2.05, 4.69) is 15.6 Å². The normalized spacial score (nSPS) is 18.0. The molecule has 5 nitrogen and oxygen atoms in total. The largest absolute Gasteiger partial charge is 0.358 e. The van der Waals surface area contributed by atoms with Crippen LogP contribution in [0.3, 0.4) is 0 Å². The van der Waals surface area contributed by atoms with Crippen molar-refractivity contribution >= 4 is 29.2 Å². The zero-order valence-electron chi connectivity index (χ0n) is 12.1. The summed E-state index contributed by atoms with van der Waals surface area (Å²) < 4.78 is 0. The van der Waals surface area contributed by atoms with Crippen LogP contribution in [0.2, 0.25) is 0 Å². The van der Waals surface area contributed by atoms with Crippen molar-refractivity contribution in [2.45, 2.75) is 13.3 Å². The molecule has 0 radical (unpaired) electrons. The molecule has 0 aliphatic carbocycles. The summed E-state index contributed by atoms with van der Waals surface area (Å²) in [6, 6.07) is 7.61. The van der Waals surface area contributed by atoms with Gasteiger partial charge in [0.25, 0.3) is 11.8 Å². The molecule has 0 saturated heterocycles. The van der Waals surface area contributed by atoms with Crippen LogP contribution in [-0.4, -0.2) is 23.3 Å². The van der Waals surface area contributed by atoms with Crippen LogP contribution in [0.5, 0.6) is 0 Å². The number of aromatic nitrogens is 1. The third kappa shape index (κ3) is 1.79. The summed E-state index contributed by atoms with van der Waals surface area (Å²) in [5, 5.41) is 5.71. The number of anilines is 1. The smallest absolute Gasteiger partial charge is 0.256 e. The van der Waals surface area contributed by atoms with Gasteiger partial charge >= 0.3 is 0 Å². The molecule has 2 aliphatic rings. The number of aromatic amines is 1. The predicted octanol–water partition coefficient (Wildman–Crippen LogP) is 2.10. The number of H-pyrrole nitrogens is 1. The zero-order chi connectivity index (χ0) is 15.3. The van der Waals surface area contributed by atoms with Gasteiger partial charge in [-0.2, -0.15) is 0 Å². The molecular formula is C17H15N3O2. The first-order valence-electron chi connectivity index (χ1n) is 7.27. The lowest BCUT2D eigenvalue weighted by atomic mass is 10.0. The van der Waals surface area contributed by atoms with Crippen LogP contribution >= 0.6 is 0 Å². The van der Waals surface area contributed by atoms with Crippen LogP contribution in [0, 0.1) is 6.92 Å². The highest BCUT2D eigenvalue weighted by Gasteiger charge is 2.26. The van der Waals surface area contributed by atoms with Gasteiger partial charge in [-0.15, -0.1) is 0 Å². The van der Waals surface area contributed by atoms with Crippen molar-refractivity contribution in [3.8, 4) is 0 Å². The lowest BCUT2D eigenvalue weighted by Gasteiger charge is -2.12. The van der Waals surface area contributed by atoms with Gasteiger partial charge in [-0.05, 0) is 24.6 Å². The minimum Gasteiger partial charge on any atom is -0.358 e. The van der Waals surface area contributed by atoms with Gasteiger partial charge in [0.1, 0.15) is 0 Å². The summed E-state index contributed by atoms with van der Waals surface area (Å²) in [4.78, 5) is 27.5. The van der Waals surface area contributed by atoms with Crippen molar-refractivity contribution in [2.24, 2.45) is 0 Å². The van der Waals surface area contributed by atoms with Gasteiger partial charge in [0.05, 0.1) is 11.1 Å². The fraction of sp³-hybridized carbons (Fsp3) is 0.176. The Bertz CT molecular complexity index is 846. The van der Waals surface area contributed by atoms with E-state index in [1.807, 2.05) is 37.3 Å².